The summed E-state index contributed by atoms with van der Waals surface area (Å²) in [6, 6.07) is 12.2. The summed E-state index contributed by atoms with van der Waals surface area (Å²) in [4.78, 5) is 4.55. The zero-order valence-corrected chi connectivity index (χ0v) is 15.6. The number of aryl methyl sites for hydroxylation is 2. The zero-order chi connectivity index (χ0) is 18.3. The summed E-state index contributed by atoms with van der Waals surface area (Å²) in [5, 5.41) is 17.3. The second kappa shape index (κ2) is 8.72. The Labute approximate surface area is 150 Å². The number of guanidine groups is 1. The highest BCUT2D eigenvalue weighted by molar-refractivity contribution is 5.79. The van der Waals surface area contributed by atoms with Crippen molar-refractivity contribution in [2.24, 2.45) is 4.99 Å². The van der Waals surface area contributed by atoms with Crippen LogP contribution in [-0.2, 0) is 12.0 Å². The van der Waals surface area contributed by atoms with Crippen LogP contribution < -0.4 is 10.6 Å². The van der Waals surface area contributed by atoms with E-state index < -0.39 is 5.60 Å². The third-order valence-electron chi connectivity index (χ3n) is 4.06. The number of benzene rings is 1. The molecule has 1 unspecified atom stereocenters. The number of rotatable bonds is 7. The summed E-state index contributed by atoms with van der Waals surface area (Å²) >= 11 is 0. The predicted molar refractivity (Wildman–Crippen MR) is 102 cm³/mol. The van der Waals surface area contributed by atoms with E-state index in [1.807, 2.05) is 45.0 Å². The van der Waals surface area contributed by atoms with Gasteiger partial charge in [-0.2, -0.15) is 0 Å². The van der Waals surface area contributed by atoms with Crippen molar-refractivity contribution >= 4 is 5.96 Å². The van der Waals surface area contributed by atoms with Crippen LogP contribution in [0.25, 0.3) is 0 Å². The number of aliphatic imine (C=N–C) groups is 1. The van der Waals surface area contributed by atoms with Crippen LogP contribution in [0.2, 0.25) is 0 Å². The number of nitrogens with one attached hydrogen (secondary N) is 2. The molecule has 5 nitrogen and oxygen atoms in total. The molecule has 0 saturated carbocycles. The van der Waals surface area contributed by atoms with Gasteiger partial charge in [-0.15, -0.1) is 0 Å². The molecular formula is C20H29N3O2. The van der Waals surface area contributed by atoms with Crippen molar-refractivity contribution in [3.05, 3.63) is 59.0 Å². The van der Waals surface area contributed by atoms with Crippen LogP contribution in [0.3, 0.4) is 0 Å². The molecule has 5 heteroatoms. The van der Waals surface area contributed by atoms with E-state index in [9.17, 15) is 5.11 Å². The van der Waals surface area contributed by atoms with Crippen LogP contribution in [0.4, 0.5) is 0 Å². The molecule has 136 valence electrons. The lowest BCUT2D eigenvalue weighted by molar-refractivity contribution is 0.0657. The van der Waals surface area contributed by atoms with E-state index >= 15 is 0 Å². The SMILES string of the molecule is CCNC(=NCC(C)(O)c1cc(C)oc1C)NCCc1ccccc1. The zero-order valence-electron chi connectivity index (χ0n) is 15.6. The fourth-order valence-corrected chi connectivity index (χ4v) is 2.80. The Morgan fingerprint density at radius 3 is 2.52 bits per heavy atom. The van der Waals surface area contributed by atoms with Crippen molar-refractivity contribution in [3.8, 4) is 0 Å². The molecule has 1 atom stereocenters. The van der Waals surface area contributed by atoms with E-state index in [4.69, 9.17) is 4.42 Å². The molecule has 0 saturated heterocycles. The molecule has 0 amide bonds. The molecular weight excluding hydrogens is 314 g/mol. The minimum absolute atomic E-state index is 0.257. The van der Waals surface area contributed by atoms with Crippen LogP contribution in [0.15, 0.2) is 45.8 Å². The third-order valence-corrected chi connectivity index (χ3v) is 4.06. The van der Waals surface area contributed by atoms with E-state index in [0.717, 1.165) is 36.6 Å². The first-order chi connectivity index (χ1) is 11.9. The maximum Gasteiger partial charge on any atom is 0.191 e. The minimum Gasteiger partial charge on any atom is -0.466 e. The highest BCUT2D eigenvalue weighted by Crippen LogP contribution is 2.27. The number of furan rings is 1. The maximum absolute atomic E-state index is 10.8. The Kier molecular flexibility index (Phi) is 6.65. The largest absolute Gasteiger partial charge is 0.466 e. The van der Waals surface area contributed by atoms with E-state index in [2.05, 4.69) is 27.8 Å². The van der Waals surface area contributed by atoms with Gasteiger partial charge in [0.25, 0.3) is 0 Å². The van der Waals surface area contributed by atoms with Crippen molar-refractivity contribution in [1.29, 1.82) is 0 Å². The van der Waals surface area contributed by atoms with E-state index in [-0.39, 0.29) is 6.54 Å². The fourth-order valence-electron chi connectivity index (χ4n) is 2.80. The van der Waals surface area contributed by atoms with Gasteiger partial charge in [0.15, 0.2) is 5.96 Å². The average molecular weight is 343 g/mol. The van der Waals surface area contributed by atoms with Crippen molar-refractivity contribution < 1.29 is 9.52 Å². The first-order valence-corrected chi connectivity index (χ1v) is 8.78. The number of hydrogen-bond acceptors (Lipinski definition) is 3. The molecule has 0 fully saturated rings. The summed E-state index contributed by atoms with van der Waals surface area (Å²) in [5.74, 6) is 2.24. The summed E-state index contributed by atoms with van der Waals surface area (Å²) < 4.78 is 5.53. The van der Waals surface area contributed by atoms with Gasteiger partial charge in [0, 0.05) is 18.7 Å². The van der Waals surface area contributed by atoms with Gasteiger partial charge in [-0.25, -0.2) is 4.99 Å². The first kappa shape index (κ1) is 19.1. The van der Waals surface area contributed by atoms with E-state index in [1.54, 1.807) is 6.92 Å². The molecule has 2 aromatic rings. The normalized spacial score (nSPS) is 14.2. The quantitative estimate of drug-likeness (QED) is 0.534. The van der Waals surface area contributed by atoms with Crippen LogP contribution in [0, 0.1) is 13.8 Å². The van der Waals surface area contributed by atoms with E-state index in [0.29, 0.717) is 5.96 Å². The molecule has 0 aliphatic rings. The first-order valence-electron chi connectivity index (χ1n) is 8.78. The van der Waals surface area contributed by atoms with Crippen molar-refractivity contribution in [3.63, 3.8) is 0 Å². The fraction of sp³-hybridized carbons (Fsp3) is 0.450. The summed E-state index contributed by atoms with van der Waals surface area (Å²) in [5.41, 5.74) is 1.00. The van der Waals surface area contributed by atoms with Crippen molar-refractivity contribution in [1.82, 2.24) is 10.6 Å². The predicted octanol–water partition coefficient (Wildman–Crippen LogP) is 2.90. The molecule has 1 heterocycles. The second-order valence-corrected chi connectivity index (χ2v) is 6.46. The van der Waals surface area contributed by atoms with Gasteiger partial charge in [0.05, 0.1) is 6.54 Å². The van der Waals surface area contributed by atoms with Gasteiger partial charge < -0.3 is 20.2 Å². The smallest absolute Gasteiger partial charge is 0.191 e. The highest BCUT2D eigenvalue weighted by atomic mass is 16.3. The Hall–Kier alpha value is -2.27. The van der Waals surface area contributed by atoms with Gasteiger partial charge in [-0.1, -0.05) is 30.3 Å². The average Bonchev–Trinajstić information content (AvgIpc) is 2.93. The standard InChI is InChI=1S/C20H29N3O2/c1-5-21-19(22-12-11-17-9-7-6-8-10-17)23-14-20(4,24)18-13-15(2)25-16(18)3/h6-10,13,24H,5,11-12,14H2,1-4H3,(H2,21,22,23). The minimum atomic E-state index is -1.07. The van der Waals surface area contributed by atoms with Crippen molar-refractivity contribution in [2.45, 2.75) is 39.7 Å². The molecule has 2 rings (SSSR count). The number of aliphatic hydroxyl groups is 1. The molecule has 0 bridgehead atoms. The lowest BCUT2D eigenvalue weighted by Crippen LogP contribution is -2.39. The number of nitrogens with zero attached hydrogens (tertiary/aromatic N) is 1. The molecule has 0 radical (unpaired) electrons. The van der Waals surface area contributed by atoms with Gasteiger partial charge in [0.2, 0.25) is 0 Å². The molecule has 1 aromatic heterocycles. The van der Waals surface area contributed by atoms with E-state index in [1.165, 1.54) is 5.56 Å². The van der Waals surface area contributed by atoms with Gasteiger partial charge in [0.1, 0.15) is 17.1 Å². The highest BCUT2D eigenvalue weighted by Gasteiger charge is 2.27. The molecule has 3 N–H and O–H groups in total. The Balaban J connectivity index is 1.97. The maximum atomic E-state index is 10.8. The van der Waals surface area contributed by atoms with Crippen LogP contribution in [0.5, 0.6) is 0 Å². The summed E-state index contributed by atoms with van der Waals surface area (Å²) in [6.45, 7) is 9.34. The van der Waals surface area contributed by atoms with Gasteiger partial charge in [-0.05, 0) is 45.7 Å². The van der Waals surface area contributed by atoms with Crippen LogP contribution in [-0.4, -0.2) is 30.7 Å². The summed E-state index contributed by atoms with van der Waals surface area (Å²) in [6.07, 6.45) is 0.918. The molecule has 0 aliphatic heterocycles. The Morgan fingerprint density at radius 1 is 1.20 bits per heavy atom. The third kappa shape index (κ3) is 5.64. The molecule has 25 heavy (non-hydrogen) atoms. The Morgan fingerprint density at radius 2 is 1.92 bits per heavy atom. The lowest BCUT2D eigenvalue weighted by atomic mass is 9.96. The van der Waals surface area contributed by atoms with Gasteiger partial charge >= 0.3 is 0 Å². The lowest BCUT2D eigenvalue weighted by Gasteiger charge is -2.21. The molecule has 1 aromatic carbocycles. The second-order valence-electron chi connectivity index (χ2n) is 6.46. The number of hydrogen-bond donors (Lipinski definition) is 3. The van der Waals surface area contributed by atoms with Gasteiger partial charge in [-0.3, -0.25) is 0 Å². The summed E-state index contributed by atoms with van der Waals surface area (Å²) in [7, 11) is 0. The molecule has 0 aliphatic carbocycles. The topological polar surface area (TPSA) is 69.8 Å². The van der Waals surface area contributed by atoms with Crippen LogP contribution in [0.1, 0.15) is 36.5 Å². The molecule has 0 spiro atoms. The van der Waals surface area contributed by atoms with Crippen molar-refractivity contribution in [2.75, 3.05) is 19.6 Å². The Bertz CT molecular complexity index is 690. The van der Waals surface area contributed by atoms with Crippen LogP contribution >= 0.6 is 0 Å². The monoisotopic (exact) mass is 343 g/mol.